The first-order valence-corrected chi connectivity index (χ1v) is 7.03. The molecule has 0 N–H and O–H groups in total. The number of hydrogen-bond donors (Lipinski definition) is 0. The zero-order chi connectivity index (χ0) is 13.4. The van der Waals surface area contributed by atoms with Crippen molar-refractivity contribution < 1.29 is 4.39 Å². The molecule has 0 amide bonds. The first kappa shape index (κ1) is 12.4. The number of fused-ring (bicyclic) bond motifs is 1. The van der Waals surface area contributed by atoms with Crippen LogP contribution in [0.2, 0.25) is 0 Å². The summed E-state index contributed by atoms with van der Waals surface area (Å²) in [6, 6.07) is 3.60. The van der Waals surface area contributed by atoms with Crippen LogP contribution >= 0.6 is 0 Å². The Kier molecular flexibility index (Phi) is 3.13. The summed E-state index contributed by atoms with van der Waals surface area (Å²) in [6.07, 6.45) is 6.04. The number of aromatic nitrogens is 2. The lowest BCUT2D eigenvalue weighted by Crippen LogP contribution is -2.05. The van der Waals surface area contributed by atoms with Gasteiger partial charge < -0.3 is 4.57 Å². The first-order chi connectivity index (χ1) is 9.22. The maximum Gasteiger partial charge on any atom is 0.158 e. The summed E-state index contributed by atoms with van der Waals surface area (Å²) in [5.41, 5.74) is 2.32. The third-order valence-corrected chi connectivity index (χ3v) is 3.78. The van der Waals surface area contributed by atoms with Gasteiger partial charge in [0.05, 0.1) is 11.1 Å². The molecule has 0 spiro atoms. The van der Waals surface area contributed by atoms with Crippen molar-refractivity contribution in [3.8, 4) is 0 Å². The highest BCUT2D eigenvalue weighted by Gasteiger charge is 2.27. The van der Waals surface area contributed by atoms with Crippen LogP contribution in [0, 0.1) is 11.7 Å². The topological polar surface area (TPSA) is 17.8 Å². The van der Waals surface area contributed by atoms with E-state index in [2.05, 4.69) is 18.5 Å². The second kappa shape index (κ2) is 4.80. The molecule has 0 saturated heterocycles. The molecule has 1 aliphatic carbocycles. The Morgan fingerprint density at radius 3 is 3.00 bits per heavy atom. The molecular formula is C16H19FN2. The maximum absolute atomic E-state index is 14.6. The van der Waals surface area contributed by atoms with Gasteiger partial charge in [0.15, 0.2) is 5.82 Å². The maximum atomic E-state index is 14.6. The van der Waals surface area contributed by atoms with Gasteiger partial charge in [0, 0.05) is 12.7 Å². The van der Waals surface area contributed by atoms with Gasteiger partial charge in [0.1, 0.15) is 5.65 Å². The zero-order valence-corrected chi connectivity index (χ0v) is 11.3. The summed E-state index contributed by atoms with van der Waals surface area (Å²) in [5, 5.41) is 0.621. The molecule has 3 rings (SSSR count). The van der Waals surface area contributed by atoms with Gasteiger partial charge in [-0.2, -0.15) is 0 Å². The summed E-state index contributed by atoms with van der Waals surface area (Å²) in [5.74, 6) is 0.535. The Hall–Kier alpha value is -1.64. The molecular weight excluding hydrogens is 239 g/mol. The van der Waals surface area contributed by atoms with Gasteiger partial charge in [-0.25, -0.2) is 9.37 Å². The van der Waals surface area contributed by atoms with Crippen molar-refractivity contribution in [1.82, 2.24) is 9.55 Å². The van der Waals surface area contributed by atoms with Crippen LogP contribution in [0.15, 0.2) is 24.9 Å². The summed E-state index contributed by atoms with van der Waals surface area (Å²) in [7, 11) is 0. The largest absolute Gasteiger partial charge is 0.323 e. The highest BCUT2D eigenvalue weighted by molar-refractivity contribution is 5.83. The van der Waals surface area contributed by atoms with Crippen LogP contribution in [0.1, 0.15) is 38.3 Å². The average molecular weight is 258 g/mol. The molecule has 1 fully saturated rings. The van der Waals surface area contributed by atoms with Crippen molar-refractivity contribution in [3.63, 3.8) is 0 Å². The fraction of sp³-hybridized carbons (Fsp3) is 0.438. The molecule has 0 radical (unpaired) electrons. The van der Waals surface area contributed by atoms with Gasteiger partial charge in [0.2, 0.25) is 0 Å². The van der Waals surface area contributed by atoms with E-state index < -0.39 is 0 Å². The lowest BCUT2D eigenvalue weighted by Gasteiger charge is -2.11. The van der Waals surface area contributed by atoms with Crippen molar-refractivity contribution >= 4 is 16.6 Å². The van der Waals surface area contributed by atoms with Crippen molar-refractivity contribution in [2.75, 3.05) is 0 Å². The second-order valence-electron chi connectivity index (χ2n) is 5.44. The molecule has 2 nitrogen and oxygen atoms in total. The molecule has 0 unspecified atom stereocenters. The van der Waals surface area contributed by atoms with Crippen LogP contribution in [-0.2, 0) is 6.54 Å². The summed E-state index contributed by atoms with van der Waals surface area (Å²) in [4.78, 5) is 4.37. The number of nitrogens with zero attached hydrogens (tertiary/aromatic N) is 2. The van der Waals surface area contributed by atoms with Gasteiger partial charge >= 0.3 is 0 Å². The Morgan fingerprint density at radius 1 is 1.53 bits per heavy atom. The standard InChI is InChI=1S/C16H19FN2/c1-3-5-11(2)15-14(17)13-6-4-9-18-16(13)19(15)10-12-7-8-12/h4,6,9,12H,2-3,5,7-8,10H2,1H3. The zero-order valence-electron chi connectivity index (χ0n) is 11.3. The molecule has 0 aromatic carbocycles. The van der Waals surface area contributed by atoms with E-state index in [0.29, 0.717) is 17.0 Å². The number of rotatable bonds is 5. The Morgan fingerprint density at radius 2 is 2.32 bits per heavy atom. The monoisotopic (exact) mass is 258 g/mol. The third-order valence-electron chi connectivity index (χ3n) is 3.78. The fourth-order valence-electron chi connectivity index (χ4n) is 2.64. The lowest BCUT2D eigenvalue weighted by molar-refractivity contribution is 0.591. The molecule has 19 heavy (non-hydrogen) atoms. The summed E-state index contributed by atoms with van der Waals surface area (Å²) < 4.78 is 16.7. The predicted octanol–water partition coefficient (Wildman–Crippen LogP) is 4.40. The van der Waals surface area contributed by atoms with E-state index in [1.165, 1.54) is 12.8 Å². The molecule has 2 aromatic heterocycles. The van der Waals surface area contributed by atoms with E-state index >= 15 is 0 Å². The smallest absolute Gasteiger partial charge is 0.158 e. The van der Waals surface area contributed by atoms with Crippen LogP contribution in [0.25, 0.3) is 16.6 Å². The minimum Gasteiger partial charge on any atom is -0.323 e. The number of allylic oxidation sites excluding steroid dienone is 1. The second-order valence-corrected chi connectivity index (χ2v) is 5.44. The van der Waals surface area contributed by atoms with Gasteiger partial charge in [-0.1, -0.05) is 19.9 Å². The van der Waals surface area contributed by atoms with Gasteiger partial charge in [-0.3, -0.25) is 0 Å². The normalized spacial score (nSPS) is 15.1. The van der Waals surface area contributed by atoms with E-state index in [1.54, 1.807) is 12.3 Å². The van der Waals surface area contributed by atoms with Crippen LogP contribution in [0.3, 0.4) is 0 Å². The molecule has 2 heterocycles. The van der Waals surface area contributed by atoms with Crippen molar-refractivity contribution in [2.45, 2.75) is 39.2 Å². The Bertz CT molecular complexity index is 623. The molecule has 1 saturated carbocycles. The molecule has 0 aliphatic heterocycles. The van der Waals surface area contributed by atoms with Gasteiger partial charge in [-0.05, 0) is 42.9 Å². The van der Waals surface area contributed by atoms with Crippen LogP contribution in [0.4, 0.5) is 4.39 Å². The van der Waals surface area contributed by atoms with E-state index in [4.69, 9.17) is 0 Å². The van der Waals surface area contributed by atoms with E-state index in [1.807, 2.05) is 10.6 Å². The highest BCUT2D eigenvalue weighted by Crippen LogP contribution is 2.36. The molecule has 0 atom stereocenters. The SMILES string of the molecule is C=C(CCC)c1c(F)c2cccnc2n1CC1CC1. The quantitative estimate of drug-likeness (QED) is 0.777. The number of hydrogen-bond acceptors (Lipinski definition) is 1. The van der Waals surface area contributed by atoms with Gasteiger partial charge in [0.25, 0.3) is 0 Å². The van der Waals surface area contributed by atoms with Crippen molar-refractivity contribution in [2.24, 2.45) is 5.92 Å². The molecule has 3 heteroatoms. The van der Waals surface area contributed by atoms with Crippen LogP contribution in [0.5, 0.6) is 0 Å². The lowest BCUT2D eigenvalue weighted by atomic mass is 10.1. The number of pyridine rings is 1. The predicted molar refractivity (Wildman–Crippen MR) is 76.4 cm³/mol. The molecule has 1 aliphatic rings. The Balaban J connectivity index is 2.15. The van der Waals surface area contributed by atoms with E-state index in [-0.39, 0.29) is 5.82 Å². The van der Waals surface area contributed by atoms with Gasteiger partial charge in [-0.15, -0.1) is 0 Å². The summed E-state index contributed by atoms with van der Waals surface area (Å²) >= 11 is 0. The summed E-state index contributed by atoms with van der Waals surface area (Å²) in [6.45, 7) is 7.03. The van der Waals surface area contributed by atoms with E-state index in [0.717, 1.165) is 30.6 Å². The first-order valence-electron chi connectivity index (χ1n) is 7.03. The van der Waals surface area contributed by atoms with E-state index in [9.17, 15) is 4.39 Å². The van der Waals surface area contributed by atoms with Crippen LogP contribution in [-0.4, -0.2) is 9.55 Å². The van der Waals surface area contributed by atoms with Crippen molar-refractivity contribution in [3.05, 3.63) is 36.4 Å². The highest BCUT2D eigenvalue weighted by atomic mass is 19.1. The minimum absolute atomic E-state index is 0.151. The van der Waals surface area contributed by atoms with Crippen molar-refractivity contribution in [1.29, 1.82) is 0 Å². The minimum atomic E-state index is -0.151. The van der Waals surface area contributed by atoms with Crippen LogP contribution < -0.4 is 0 Å². The number of halogens is 1. The average Bonchev–Trinajstić information content (AvgIpc) is 3.17. The Labute approximate surface area is 113 Å². The molecule has 2 aromatic rings. The fourth-order valence-corrected chi connectivity index (χ4v) is 2.64. The molecule has 0 bridgehead atoms. The third kappa shape index (κ3) is 2.18. The molecule has 100 valence electrons.